The molecule has 0 amide bonds. The van der Waals surface area contributed by atoms with Crippen molar-refractivity contribution in [2.24, 2.45) is 0 Å². The van der Waals surface area contributed by atoms with E-state index in [-0.39, 0.29) is 6.08 Å². The molecule has 0 spiro atoms. The highest BCUT2D eigenvalue weighted by Gasteiger charge is 2.60. The van der Waals surface area contributed by atoms with Gasteiger partial charge in [-0.3, -0.25) is 0 Å². The Labute approximate surface area is 64.7 Å². The lowest BCUT2D eigenvalue weighted by Crippen LogP contribution is -2.02. The van der Waals surface area contributed by atoms with Gasteiger partial charge in [-0.25, -0.2) is 4.79 Å². The maximum Gasteiger partial charge on any atom is 0.331 e. The van der Waals surface area contributed by atoms with Gasteiger partial charge in [0.05, 0.1) is 12.5 Å². The Bertz CT molecular complexity index is 225. The van der Waals surface area contributed by atoms with Gasteiger partial charge in [0, 0.05) is 6.08 Å². The van der Waals surface area contributed by atoms with Crippen molar-refractivity contribution in [2.75, 3.05) is 7.11 Å². The minimum absolute atomic E-state index is 0.360. The van der Waals surface area contributed by atoms with Gasteiger partial charge in [-0.1, -0.05) is 19.4 Å². The number of ether oxygens (including phenoxy) is 1. The first-order chi connectivity index (χ1) is 4.93. The summed E-state index contributed by atoms with van der Waals surface area (Å²) in [7, 11) is -8.83. The number of rotatable bonds is 2. The second-order valence-corrected chi connectivity index (χ2v) is 4.18. The van der Waals surface area contributed by atoms with Crippen molar-refractivity contribution in [2.45, 2.75) is 0 Å². The predicted molar refractivity (Wildman–Crippen MR) is 34.3 cm³/mol. The standard InChI is InChI=1S/C4H5F5O2S/c1-11-4(10)2-3-12(5,6,7,8)9/h2-3H,1H3/b3-2+. The number of hydrogen-bond acceptors (Lipinski definition) is 2. The molecule has 0 saturated carbocycles. The van der Waals surface area contributed by atoms with Crippen LogP contribution < -0.4 is 0 Å². The van der Waals surface area contributed by atoms with Crippen molar-refractivity contribution >= 4 is 16.2 Å². The molecule has 0 rings (SSSR count). The topological polar surface area (TPSA) is 26.3 Å². The number of carbonyl (C=O) groups excluding carboxylic acids is 1. The summed E-state index contributed by atoms with van der Waals surface area (Å²) in [5, 5.41) is -1.36. The fourth-order valence-electron chi connectivity index (χ4n) is 0.252. The maximum absolute atomic E-state index is 11.4. The van der Waals surface area contributed by atoms with E-state index in [1.807, 2.05) is 0 Å². The molecule has 0 unspecified atom stereocenters. The molecule has 0 aromatic carbocycles. The monoisotopic (exact) mass is 212 g/mol. The fraction of sp³-hybridized carbons (Fsp3) is 0.250. The highest BCUT2D eigenvalue weighted by molar-refractivity contribution is 8.48. The average molecular weight is 212 g/mol. The van der Waals surface area contributed by atoms with Crippen molar-refractivity contribution in [1.29, 1.82) is 0 Å². The minimum atomic E-state index is -9.60. The van der Waals surface area contributed by atoms with E-state index in [0.29, 0.717) is 0 Å². The Kier molecular flexibility index (Phi) is 1.98. The van der Waals surface area contributed by atoms with E-state index in [1.165, 1.54) is 0 Å². The van der Waals surface area contributed by atoms with Crippen LogP contribution in [0.15, 0.2) is 11.5 Å². The summed E-state index contributed by atoms with van der Waals surface area (Å²) in [6, 6.07) is 0. The largest absolute Gasteiger partial charge is 0.466 e. The molecule has 0 saturated heterocycles. The number of esters is 1. The Morgan fingerprint density at radius 2 is 1.67 bits per heavy atom. The molecule has 0 aliphatic rings. The van der Waals surface area contributed by atoms with Crippen LogP contribution in [0.3, 0.4) is 0 Å². The SMILES string of the molecule is COC(=O)/C=C/S(F)(F)(F)(F)F. The normalized spacial score (nSPS) is 18.5. The van der Waals surface area contributed by atoms with Gasteiger partial charge in [0.1, 0.15) is 0 Å². The molecule has 0 atom stereocenters. The number of hydrogen-bond donors (Lipinski definition) is 0. The van der Waals surface area contributed by atoms with Crippen LogP contribution in [-0.2, 0) is 9.53 Å². The van der Waals surface area contributed by atoms with Gasteiger partial charge in [-0.2, -0.15) is 0 Å². The number of methoxy groups -OCH3 is 1. The van der Waals surface area contributed by atoms with Gasteiger partial charge in [0.2, 0.25) is 0 Å². The molecule has 2 nitrogen and oxygen atoms in total. The van der Waals surface area contributed by atoms with Crippen LogP contribution in [0.4, 0.5) is 19.4 Å². The van der Waals surface area contributed by atoms with Crippen LogP contribution in [0.5, 0.6) is 0 Å². The summed E-state index contributed by atoms with van der Waals surface area (Å²) in [5.74, 6) is -1.48. The quantitative estimate of drug-likeness (QED) is 0.399. The second-order valence-electron chi connectivity index (χ2n) is 1.85. The average Bonchev–Trinajstić information content (AvgIpc) is 1.78. The Balaban J connectivity index is 4.69. The molecule has 0 aliphatic carbocycles. The summed E-state index contributed by atoms with van der Waals surface area (Å²) in [6.07, 6.45) is -0.360. The second kappa shape index (κ2) is 2.12. The van der Waals surface area contributed by atoms with E-state index in [0.717, 1.165) is 7.11 Å². The van der Waals surface area contributed by atoms with E-state index < -0.39 is 21.6 Å². The molecule has 0 bridgehead atoms. The zero-order chi connectivity index (χ0) is 10.1. The van der Waals surface area contributed by atoms with E-state index in [9.17, 15) is 24.2 Å². The molecule has 0 heterocycles. The van der Waals surface area contributed by atoms with Gasteiger partial charge in [-0.15, -0.1) is 0 Å². The van der Waals surface area contributed by atoms with Crippen molar-refractivity contribution in [3.8, 4) is 0 Å². The first-order valence-corrected chi connectivity index (χ1v) is 4.46. The van der Waals surface area contributed by atoms with E-state index in [4.69, 9.17) is 0 Å². The van der Waals surface area contributed by atoms with Crippen molar-refractivity contribution in [1.82, 2.24) is 0 Å². The molecule has 0 radical (unpaired) electrons. The molecule has 12 heavy (non-hydrogen) atoms. The van der Waals surface area contributed by atoms with Gasteiger partial charge in [-0.05, 0) is 0 Å². The van der Waals surface area contributed by atoms with Gasteiger partial charge < -0.3 is 4.74 Å². The summed E-state index contributed by atoms with van der Waals surface area (Å²) < 4.78 is 60.8. The first kappa shape index (κ1) is 11.2. The molecule has 8 heteroatoms. The zero-order valence-electron chi connectivity index (χ0n) is 5.77. The summed E-state index contributed by atoms with van der Waals surface area (Å²) >= 11 is 0. The van der Waals surface area contributed by atoms with Crippen LogP contribution in [-0.4, -0.2) is 13.1 Å². The van der Waals surface area contributed by atoms with Crippen LogP contribution >= 0.6 is 10.2 Å². The lowest BCUT2D eigenvalue weighted by Gasteiger charge is -2.36. The summed E-state index contributed by atoms with van der Waals surface area (Å²) in [5.41, 5.74) is 0. The molecular formula is C4H5F5O2S. The molecule has 0 fully saturated rings. The third kappa shape index (κ3) is 7.32. The molecule has 0 aliphatic heterocycles. The number of carbonyl (C=O) groups is 1. The molecular weight excluding hydrogens is 207 g/mol. The van der Waals surface area contributed by atoms with Crippen molar-refractivity contribution < 1.29 is 29.0 Å². The molecule has 0 aromatic heterocycles. The molecule has 0 N–H and O–H groups in total. The minimum Gasteiger partial charge on any atom is -0.466 e. The predicted octanol–water partition coefficient (Wildman–Crippen LogP) is 2.97. The fourth-order valence-corrected chi connectivity index (χ4v) is 0.620. The lowest BCUT2D eigenvalue weighted by molar-refractivity contribution is -0.134. The van der Waals surface area contributed by atoms with Crippen LogP contribution in [0.2, 0.25) is 0 Å². The zero-order valence-corrected chi connectivity index (χ0v) is 6.59. The highest BCUT2D eigenvalue weighted by Crippen LogP contribution is 2.98. The van der Waals surface area contributed by atoms with Crippen molar-refractivity contribution in [3.63, 3.8) is 0 Å². The maximum atomic E-state index is 11.4. The van der Waals surface area contributed by atoms with Gasteiger partial charge in [0.15, 0.2) is 0 Å². The molecule has 74 valence electrons. The smallest absolute Gasteiger partial charge is 0.331 e. The molecule has 0 aromatic rings. The Morgan fingerprint density at radius 1 is 1.25 bits per heavy atom. The van der Waals surface area contributed by atoms with Crippen LogP contribution in [0, 0.1) is 0 Å². The van der Waals surface area contributed by atoms with Gasteiger partial charge in [0.25, 0.3) is 0 Å². The Morgan fingerprint density at radius 3 is 1.92 bits per heavy atom. The van der Waals surface area contributed by atoms with Crippen LogP contribution in [0.25, 0.3) is 0 Å². The highest BCUT2D eigenvalue weighted by atomic mass is 32.5. The summed E-state index contributed by atoms with van der Waals surface area (Å²) in [6.45, 7) is 0. The van der Waals surface area contributed by atoms with E-state index in [2.05, 4.69) is 4.74 Å². The van der Waals surface area contributed by atoms with Gasteiger partial charge >= 0.3 is 16.2 Å². The van der Waals surface area contributed by atoms with Crippen LogP contribution in [0.1, 0.15) is 0 Å². The van der Waals surface area contributed by atoms with E-state index in [1.54, 1.807) is 0 Å². The number of halogens is 5. The lowest BCUT2D eigenvalue weighted by atomic mass is 10.7. The van der Waals surface area contributed by atoms with Crippen molar-refractivity contribution in [3.05, 3.63) is 11.5 Å². The first-order valence-electron chi connectivity index (χ1n) is 2.45. The third-order valence-corrected chi connectivity index (χ3v) is 1.31. The Hall–Kier alpha value is -0.790. The third-order valence-electron chi connectivity index (χ3n) is 0.662. The van der Waals surface area contributed by atoms with E-state index >= 15 is 0 Å². The summed E-state index contributed by atoms with van der Waals surface area (Å²) in [4.78, 5) is 10.0.